The lowest BCUT2D eigenvalue weighted by Gasteiger charge is -2.19. The highest BCUT2D eigenvalue weighted by Crippen LogP contribution is 2.47. The van der Waals surface area contributed by atoms with Gasteiger partial charge in [-0.1, -0.05) is 30.3 Å². The standard InChI is InChI=1S/C21H12O2/c1-11-9-13-6-8-15-21-19(13)17(10-11)23-16-7-5-12-3-2-4-14(22-15)18(12)20(16)21/h2-10H,1H3. The normalized spacial score (nSPS) is 12.6. The number of benzene rings is 4. The Morgan fingerprint density at radius 1 is 0.609 bits per heavy atom. The van der Waals surface area contributed by atoms with Crippen molar-refractivity contribution in [2.24, 2.45) is 0 Å². The van der Waals surface area contributed by atoms with Gasteiger partial charge in [-0.15, -0.1) is 0 Å². The minimum atomic E-state index is 0.908. The lowest BCUT2D eigenvalue weighted by Crippen LogP contribution is -1.94. The molecule has 0 N–H and O–H groups in total. The van der Waals surface area contributed by atoms with Gasteiger partial charge in [-0.2, -0.15) is 0 Å². The highest BCUT2D eigenvalue weighted by molar-refractivity contribution is 6.23. The van der Waals surface area contributed by atoms with Crippen molar-refractivity contribution in [1.29, 1.82) is 0 Å². The van der Waals surface area contributed by atoms with Crippen molar-refractivity contribution in [3.05, 3.63) is 60.2 Å². The Bertz CT molecular complexity index is 1320. The van der Waals surface area contributed by atoms with Crippen LogP contribution in [0.2, 0.25) is 0 Å². The van der Waals surface area contributed by atoms with Crippen molar-refractivity contribution in [1.82, 2.24) is 0 Å². The van der Waals surface area contributed by atoms with Crippen molar-refractivity contribution in [3.63, 3.8) is 0 Å². The Morgan fingerprint density at radius 3 is 2.13 bits per heavy atom. The van der Waals surface area contributed by atoms with Crippen LogP contribution in [0.3, 0.4) is 0 Å². The Hall–Kier alpha value is -3.00. The summed E-state index contributed by atoms with van der Waals surface area (Å²) in [6, 6.07) is 18.9. The second-order valence-electron chi connectivity index (χ2n) is 6.30. The third kappa shape index (κ3) is 1.30. The Morgan fingerprint density at radius 2 is 1.30 bits per heavy atom. The zero-order valence-corrected chi connectivity index (χ0v) is 12.5. The van der Waals surface area contributed by atoms with E-state index in [-0.39, 0.29) is 0 Å². The van der Waals surface area contributed by atoms with E-state index in [9.17, 15) is 0 Å². The molecule has 2 heteroatoms. The van der Waals surface area contributed by atoms with Crippen LogP contribution in [0.25, 0.3) is 55.0 Å². The first-order valence-corrected chi connectivity index (χ1v) is 7.79. The molecule has 0 atom stereocenters. The molecule has 23 heavy (non-hydrogen) atoms. The van der Waals surface area contributed by atoms with Crippen molar-refractivity contribution in [2.75, 3.05) is 0 Å². The molecule has 0 radical (unpaired) electrons. The molecule has 0 spiro atoms. The van der Waals surface area contributed by atoms with Gasteiger partial charge in [0.05, 0.1) is 0 Å². The Balaban J connectivity index is 2.07. The predicted octanol–water partition coefficient (Wildman–Crippen LogP) is 6.34. The summed E-state index contributed by atoms with van der Waals surface area (Å²) in [7, 11) is 0. The average Bonchev–Trinajstić information content (AvgIpc) is 2.56. The summed E-state index contributed by atoms with van der Waals surface area (Å²) in [5.74, 6) is 0. The van der Waals surface area contributed by atoms with E-state index in [0.29, 0.717) is 0 Å². The van der Waals surface area contributed by atoms with Crippen LogP contribution in [0.5, 0.6) is 0 Å². The topological polar surface area (TPSA) is 26.3 Å². The molecule has 0 saturated heterocycles. The first-order valence-electron chi connectivity index (χ1n) is 7.79. The lowest BCUT2D eigenvalue weighted by molar-refractivity contribution is 0.646. The van der Waals surface area contributed by atoms with E-state index in [1.165, 1.54) is 27.5 Å². The van der Waals surface area contributed by atoms with Crippen LogP contribution in [0.15, 0.2) is 63.4 Å². The molecule has 2 aliphatic heterocycles. The summed E-state index contributed by atoms with van der Waals surface area (Å²) < 4.78 is 12.5. The molecule has 108 valence electrons. The minimum Gasteiger partial charge on any atom is -0.456 e. The summed E-state index contributed by atoms with van der Waals surface area (Å²) in [6.45, 7) is 2.10. The van der Waals surface area contributed by atoms with Crippen LogP contribution in [0, 0.1) is 6.92 Å². The van der Waals surface area contributed by atoms with Crippen LogP contribution in [-0.4, -0.2) is 0 Å². The highest BCUT2D eigenvalue weighted by Gasteiger charge is 2.23. The maximum Gasteiger partial charge on any atom is 0.136 e. The fraction of sp³-hybridized carbons (Fsp3) is 0.0476. The van der Waals surface area contributed by atoms with Gasteiger partial charge in [-0.05, 0) is 47.5 Å². The number of rotatable bonds is 0. The monoisotopic (exact) mass is 296 g/mol. The van der Waals surface area contributed by atoms with Gasteiger partial charge in [0.2, 0.25) is 0 Å². The van der Waals surface area contributed by atoms with E-state index in [1.54, 1.807) is 0 Å². The van der Waals surface area contributed by atoms with Gasteiger partial charge in [-0.25, -0.2) is 0 Å². The molecule has 0 fully saturated rings. The quantitative estimate of drug-likeness (QED) is 0.241. The predicted molar refractivity (Wildman–Crippen MR) is 93.5 cm³/mol. The van der Waals surface area contributed by atoms with Gasteiger partial charge < -0.3 is 8.83 Å². The summed E-state index contributed by atoms with van der Waals surface area (Å²) >= 11 is 0. The van der Waals surface area contributed by atoms with Crippen LogP contribution in [-0.2, 0) is 0 Å². The molecule has 4 aromatic rings. The number of aryl methyl sites for hydroxylation is 1. The Kier molecular flexibility index (Phi) is 1.84. The van der Waals surface area contributed by atoms with E-state index >= 15 is 0 Å². The van der Waals surface area contributed by atoms with Gasteiger partial charge in [0, 0.05) is 21.9 Å². The molecule has 0 aromatic heterocycles. The van der Waals surface area contributed by atoms with Crippen LogP contribution in [0.1, 0.15) is 5.56 Å². The SMILES string of the molecule is Cc1cc2ccc3oc4cccc5ccc6oc(c1)c2c3-c6c54. The fourth-order valence-electron chi connectivity index (χ4n) is 3.95. The molecule has 0 bridgehead atoms. The lowest BCUT2D eigenvalue weighted by atomic mass is 9.90. The van der Waals surface area contributed by atoms with E-state index in [1.807, 2.05) is 12.1 Å². The molecule has 0 unspecified atom stereocenters. The molecule has 2 heterocycles. The van der Waals surface area contributed by atoms with Gasteiger partial charge in [0.15, 0.2) is 0 Å². The molecule has 6 rings (SSSR count). The van der Waals surface area contributed by atoms with Crippen LogP contribution >= 0.6 is 0 Å². The van der Waals surface area contributed by atoms with Crippen LogP contribution < -0.4 is 0 Å². The minimum absolute atomic E-state index is 0.908. The van der Waals surface area contributed by atoms with E-state index < -0.39 is 0 Å². The second-order valence-corrected chi connectivity index (χ2v) is 6.30. The highest BCUT2D eigenvalue weighted by atomic mass is 16.3. The first-order chi connectivity index (χ1) is 11.3. The largest absolute Gasteiger partial charge is 0.456 e. The van der Waals surface area contributed by atoms with E-state index in [2.05, 4.69) is 49.4 Å². The summed E-state index contributed by atoms with van der Waals surface area (Å²) in [5, 5.41) is 4.69. The van der Waals surface area contributed by atoms with Crippen LogP contribution in [0.4, 0.5) is 0 Å². The molecular formula is C21H12O2. The molecule has 2 aliphatic rings. The van der Waals surface area contributed by atoms with Gasteiger partial charge >= 0.3 is 0 Å². The van der Waals surface area contributed by atoms with E-state index in [0.717, 1.165) is 33.1 Å². The summed E-state index contributed by atoms with van der Waals surface area (Å²) in [6.07, 6.45) is 0. The maximum atomic E-state index is 6.27. The molecule has 0 saturated carbocycles. The first kappa shape index (κ1) is 11.6. The second kappa shape index (κ2) is 3.66. The van der Waals surface area contributed by atoms with Gasteiger partial charge in [0.1, 0.15) is 22.3 Å². The third-order valence-electron chi connectivity index (χ3n) is 4.85. The molecular weight excluding hydrogens is 284 g/mol. The van der Waals surface area contributed by atoms with Crippen molar-refractivity contribution in [3.8, 4) is 11.1 Å². The zero-order valence-electron chi connectivity index (χ0n) is 12.5. The van der Waals surface area contributed by atoms with Crippen molar-refractivity contribution in [2.45, 2.75) is 6.92 Å². The van der Waals surface area contributed by atoms with Crippen molar-refractivity contribution < 1.29 is 8.83 Å². The molecule has 2 nitrogen and oxygen atoms in total. The maximum absolute atomic E-state index is 6.27. The molecule has 0 aliphatic carbocycles. The summed E-state index contributed by atoms with van der Waals surface area (Å²) in [4.78, 5) is 0. The third-order valence-corrected chi connectivity index (χ3v) is 4.85. The van der Waals surface area contributed by atoms with E-state index in [4.69, 9.17) is 8.83 Å². The summed E-state index contributed by atoms with van der Waals surface area (Å²) in [5.41, 5.74) is 7.20. The smallest absolute Gasteiger partial charge is 0.136 e. The fourth-order valence-corrected chi connectivity index (χ4v) is 3.95. The Labute approximate surface area is 131 Å². The zero-order chi connectivity index (χ0) is 15.1. The average molecular weight is 296 g/mol. The van der Waals surface area contributed by atoms with Gasteiger partial charge in [0.25, 0.3) is 0 Å². The number of hydrogen-bond acceptors (Lipinski definition) is 2. The van der Waals surface area contributed by atoms with Crippen molar-refractivity contribution >= 4 is 43.9 Å². The molecule has 4 aromatic carbocycles. The number of hydrogen-bond donors (Lipinski definition) is 0. The molecule has 0 amide bonds. The van der Waals surface area contributed by atoms with Gasteiger partial charge in [-0.3, -0.25) is 0 Å².